The highest BCUT2D eigenvalue weighted by Crippen LogP contribution is 2.69. The van der Waals surface area contributed by atoms with Gasteiger partial charge in [0, 0.05) is 6.42 Å². The highest BCUT2D eigenvalue weighted by molar-refractivity contribution is 5.69. The average Bonchev–Trinajstić information content (AvgIpc) is 3.11. The van der Waals surface area contributed by atoms with Gasteiger partial charge in [0.2, 0.25) is 0 Å². The number of fused-ring (bicyclic) bond motifs is 5. The highest BCUT2D eigenvalue weighted by atomic mass is 16.5. The Balaban J connectivity index is 1.55. The van der Waals surface area contributed by atoms with E-state index in [4.69, 9.17) is 4.74 Å². The molecule has 0 saturated heterocycles. The SMILES string of the molecule is CCOC(=O)CCC(C)[C@H]1CC[C@H]2[C@@H]3[C@H](O)[C@H](CC)[C@@H]4C[C@H](O)CC[C@]4(C)[C@H]3CC[C@]12C. The van der Waals surface area contributed by atoms with Crippen LogP contribution in [0, 0.1) is 52.3 Å². The molecule has 0 aromatic carbocycles. The molecule has 4 aliphatic carbocycles. The van der Waals surface area contributed by atoms with Gasteiger partial charge in [-0.05, 0) is 111 Å². The maximum absolute atomic E-state index is 11.9. The van der Waals surface area contributed by atoms with E-state index >= 15 is 0 Å². The van der Waals surface area contributed by atoms with Gasteiger partial charge in [0.15, 0.2) is 0 Å². The lowest BCUT2D eigenvalue weighted by Crippen LogP contribution is -2.62. The number of hydrogen-bond acceptors (Lipinski definition) is 4. The molecule has 0 aromatic heterocycles. The maximum Gasteiger partial charge on any atom is 0.305 e. The highest BCUT2D eigenvalue weighted by Gasteiger charge is 2.64. The van der Waals surface area contributed by atoms with Crippen LogP contribution in [0.3, 0.4) is 0 Å². The summed E-state index contributed by atoms with van der Waals surface area (Å²) in [5.74, 6) is 3.44. The van der Waals surface area contributed by atoms with Gasteiger partial charge in [0.25, 0.3) is 0 Å². The first-order valence-electron chi connectivity index (χ1n) is 13.7. The molecule has 32 heavy (non-hydrogen) atoms. The monoisotopic (exact) mass is 448 g/mol. The van der Waals surface area contributed by atoms with Gasteiger partial charge in [0.1, 0.15) is 0 Å². The third kappa shape index (κ3) is 3.85. The third-order valence-electron chi connectivity index (χ3n) is 11.3. The van der Waals surface area contributed by atoms with Crippen LogP contribution in [-0.2, 0) is 9.53 Å². The van der Waals surface area contributed by atoms with Gasteiger partial charge in [-0.3, -0.25) is 4.79 Å². The first kappa shape index (κ1) is 24.5. The number of carbonyl (C=O) groups excluding carboxylic acids is 1. The molecule has 184 valence electrons. The Labute approximate surface area is 195 Å². The lowest BCUT2D eigenvalue weighted by Gasteiger charge is -2.64. The molecule has 4 aliphatic rings. The molecule has 4 fully saturated rings. The number of aliphatic hydroxyl groups excluding tert-OH is 2. The van der Waals surface area contributed by atoms with Gasteiger partial charge in [0.05, 0.1) is 18.8 Å². The normalized spacial score (nSPS) is 49.0. The Hall–Kier alpha value is -0.610. The molecule has 0 aliphatic heterocycles. The molecule has 0 heterocycles. The summed E-state index contributed by atoms with van der Waals surface area (Å²) in [6.07, 6.45) is 9.90. The standard InChI is InChI=1S/C28H48O4/c1-6-19-23-16-18(29)12-14-28(23,5)22-13-15-27(4)20(9-10-21(27)25(22)26(19)31)17(3)8-11-24(30)32-7-2/h17-23,25-26,29,31H,6-16H2,1-5H3/t17?,18-,19-,20-,21+,22+,23+,25+,26-,27-,28-/m1/s1. The van der Waals surface area contributed by atoms with Gasteiger partial charge in [-0.1, -0.05) is 34.1 Å². The van der Waals surface area contributed by atoms with Crippen LogP contribution in [0.2, 0.25) is 0 Å². The molecule has 4 rings (SSSR count). The van der Waals surface area contributed by atoms with Crippen molar-refractivity contribution in [3.8, 4) is 0 Å². The number of rotatable bonds is 6. The van der Waals surface area contributed by atoms with E-state index in [1.807, 2.05) is 6.92 Å². The van der Waals surface area contributed by atoms with Crippen LogP contribution >= 0.6 is 0 Å². The molecule has 0 radical (unpaired) electrons. The molecule has 0 aromatic rings. The second kappa shape index (κ2) is 9.21. The number of hydrogen-bond donors (Lipinski definition) is 2. The van der Waals surface area contributed by atoms with Crippen molar-refractivity contribution >= 4 is 5.97 Å². The van der Waals surface area contributed by atoms with Crippen molar-refractivity contribution in [2.24, 2.45) is 52.3 Å². The molecule has 4 heteroatoms. The lowest BCUT2D eigenvalue weighted by atomic mass is 9.41. The summed E-state index contributed by atoms with van der Waals surface area (Å²) in [4.78, 5) is 11.9. The van der Waals surface area contributed by atoms with Crippen molar-refractivity contribution in [2.45, 2.75) is 111 Å². The minimum absolute atomic E-state index is 0.0605. The molecular formula is C28H48O4. The van der Waals surface area contributed by atoms with E-state index in [1.54, 1.807) is 0 Å². The van der Waals surface area contributed by atoms with Crippen LogP contribution in [0.1, 0.15) is 98.8 Å². The van der Waals surface area contributed by atoms with Gasteiger partial charge >= 0.3 is 5.97 Å². The molecule has 11 atom stereocenters. The summed E-state index contributed by atoms with van der Waals surface area (Å²) in [5.41, 5.74) is 0.532. The van der Waals surface area contributed by atoms with Gasteiger partial charge in [-0.2, -0.15) is 0 Å². The minimum atomic E-state index is -0.230. The summed E-state index contributed by atoms with van der Waals surface area (Å²) in [6, 6.07) is 0. The molecule has 0 spiro atoms. The van der Waals surface area contributed by atoms with Crippen molar-refractivity contribution in [1.29, 1.82) is 0 Å². The average molecular weight is 449 g/mol. The zero-order chi connectivity index (χ0) is 23.3. The van der Waals surface area contributed by atoms with Gasteiger partial charge < -0.3 is 14.9 Å². The summed E-state index contributed by atoms with van der Waals surface area (Å²) in [5, 5.41) is 22.2. The van der Waals surface area contributed by atoms with Crippen LogP contribution in [0.25, 0.3) is 0 Å². The van der Waals surface area contributed by atoms with Crippen LogP contribution in [0.15, 0.2) is 0 Å². The molecule has 4 saturated carbocycles. The quantitative estimate of drug-likeness (QED) is 0.520. The topological polar surface area (TPSA) is 66.8 Å². The molecule has 0 bridgehead atoms. The summed E-state index contributed by atoms with van der Waals surface area (Å²) in [6.45, 7) is 11.9. The predicted octanol–water partition coefficient (Wildman–Crippen LogP) is 5.59. The molecular weight excluding hydrogens is 400 g/mol. The molecule has 1 unspecified atom stereocenters. The van der Waals surface area contributed by atoms with E-state index in [0.717, 1.165) is 32.1 Å². The fourth-order valence-electron chi connectivity index (χ4n) is 9.71. The second-order valence-electron chi connectivity index (χ2n) is 12.4. The van der Waals surface area contributed by atoms with E-state index in [0.29, 0.717) is 54.5 Å². The van der Waals surface area contributed by atoms with E-state index in [9.17, 15) is 15.0 Å². The van der Waals surface area contributed by atoms with Crippen LogP contribution in [-0.4, -0.2) is 35.0 Å². The van der Waals surface area contributed by atoms with E-state index < -0.39 is 0 Å². The van der Waals surface area contributed by atoms with E-state index in [2.05, 4.69) is 27.7 Å². The Morgan fingerprint density at radius 1 is 1.00 bits per heavy atom. The maximum atomic E-state index is 11.9. The minimum Gasteiger partial charge on any atom is -0.466 e. The van der Waals surface area contributed by atoms with E-state index in [-0.39, 0.29) is 29.0 Å². The Morgan fingerprint density at radius 3 is 2.38 bits per heavy atom. The summed E-state index contributed by atoms with van der Waals surface area (Å²) < 4.78 is 5.17. The molecule has 2 N–H and O–H groups in total. The first-order chi connectivity index (χ1) is 15.2. The third-order valence-corrected chi connectivity index (χ3v) is 11.3. The smallest absolute Gasteiger partial charge is 0.305 e. The lowest BCUT2D eigenvalue weighted by molar-refractivity contribution is -0.203. The van der Waals surface area contributed by atoms with E-state index in [1.165, 1.54) is 25.7 Å². The number of aliphatic hydroxyl groups is 2. The zero-order valence-corrected chi connectivity index (χ0v) is 21.2. The van der Waals surface area contributed by atoms with Crippen molar-refractivity contribution < 1.29 is 19.7 Å². The largest absolute Gasteiger partial charge is 0.466 e. The van der Waals surface area contributed by atoms with Crippen LogP contribution in [0.5, 0.6) is 0 Å². The molecule has 4 nitrogen and oxygen atoms in total. The Kier molecular flexibility index (Phi) is 7.05. The van der Waals surface area contributed by atoms with Crippen molar-refractivity contribution in [1.82, 2.24) is 0 Å². The van der Waals surface area contributed by atoms with Crippen molar-refractivity contribution in [3.63, 3.8) is 0 Å². The van der Waals surface area contributed by atoms with Gasteiger partial charge in [-0.15, -0.1) is 0 Å². The van der Waals surface area contributed by atoms with Crippen molar-refractivity contribution in [3.05, 3.63) is 0 Å². The van der Waals surface area contributed by atoms with Gasteiger partial charge in [-0.25, -0.2) is 0 Å². The number of esters is 1. The first-order valence-corrected chi connectivity index (χ1v) is 13.7. The van der Waals surface area contributed by atoms with Crippen LogP contribution < -0.4 is 0 Å². The number of ether oxygens (including phenoxy) is 1. The Morgan fingerprint density at radius 2 is 1.69 bits per heavy atom. The zero-order valence-electron chi connectivity index (χ0n) is 21.2. The number of carbonyl (C=O) groups is 1. The Bertz CT molecular complexity index is 678. The van der Waals surface area contributed by atoms with Crippen molar-refractivity contribution in [2.75, 3.05) is 6.61 Å². The molecule has 0 amide bonds. The fraction of sp³-hybridized carbons (Fsp3) is 0.964. The summed E-state index contributed by atoms with van der Waals surface area (Å²) >= 11 is 0. The van der Waals surface area contributed by atoms with Crippen LogP contribution in [0.4, 0.5) is 0 Å². The fourth-order valence-corrected chi connectivity index (χ4v) is 9.71. The second-order valence-corrected chi connectivity index (χ2v) is 12.4. The summed E-state index contributed by atoms with van der Waals surface area (Å²) in [7, 11) is 0. The predicted molar refractivity (Wildman–Crippen MR) is 127 cm³/mol.